The van der Waals surface area contributed by atoms with Gasteiger partial charge in [0.1, 0.15) is 17.0 Å². The van der Waals surface area contributed by atoms with Crippen molar-refractivity contribution >= 4 is 23.0 Å². The molecule has 0 saturated heterocycles. The molecular weight excluding hydrogens is 318 g/mol. The molecular formula is C19H17N3O3. The lowest BCUT2D eigenvalue weighted by atomic mass is 10.2. The Bertz CT molecular complexity index is 887. The fraction of sp³-hybridized carbons (Fsp3) is 0.105. The zero-order chi connectivity index (χ0) is 17.5. The fourth-order valence-corrected chi connectivity index (χ4v) is 2.24. The average molecular weight is 335 g/mol. The molecule has 0 aliphatic carbocycles. The Hall–Kier alpha value is -3.41. The highest BCUT2D eigenvalue weighted by atomic mass is 16.5. The number of para-hydroxylation sites is 1. The van der Waals surface area contributed by atoms with Crippen molar-refractivity contribution in [1.29, 1.82) is 0 Å². The number of pyridine rings is 1. The first-order valence-electron chi connectivity index (χ1n) is 7.69. The van der Waals surface area contributed by atoms with Gasteiger partial charge in [-0.1, -0.05) is 18.2 Å². The van der Waals surface area contributed by atoms with Gasteiger partial charge in [0, 0.05) is 11.6 Å². The van der Waals surface area contributed by atoms with E-state index in [1.165, 1.54) is 0 Å². The number of hydrogen-bond donors (Lipinski definition) is 1. The number of amides is 1. The van der Waals surface area contributed by atoms with Crippen LogP contribution >= 0.6 is 0 Å². The second-order valence-corrected chi connectivity index (χ2v) is 5.19. The second-order valence-electron chi connectivity index (χ2n) is 5.19. The standard InChI is InChI=1S/C19H17N3O3/c1-24-16-9-7-14(8-10-16)12-21-22-18(23)13-25-17-6-2-4-15-5-3-11-20-19(15)17/h2-12H,13H2,1H3,(H,22,23)/b21-12-. The zero-order valence-electron chi connectivity index (χ0n) is 13.7. The summed E-state index contributed by atoms with van der Waals surface area (Å²) in [4.78, 5) is 16.1. The van der Waals surface area contributed by atoms with E-state index in [0.717, 1.165) is 22.2 Å². The topological polar surface area (TPSA) is 72.8 Å². The number of carbonyl (C=O) groups excluding carboxylic acids is 1. The number of nitrogens with zero attached hydrogens (tertiary/aromatic N) is 2. The normalized spacial score (nSPS) is 10.8. The number of rotatable bonds is 6. The summed E-state index contributed by atoms with van der Waals surface area (Å²) in [6, 6.07) is 16.7. The molecule has 0 spiro atoms. The largest absolute Gasteiger partial charge is 0.497 e. The van der Waals surface area contributed by atoms with Gasteiger partial charge in [-0.05, 0) is 42.0 Å². The Morgan fingerprint density at radius 3 is 2.76 bits per heavy atom. The maximum absolute atomic E-state index is 11.9. The molecule has 0 aliphatic rings. The van der Waals surface area contributed by atoms with Crippen LogP contribution in [0.2, 0.25) is 0 Å². The van der Waals surface area contributed by atoms with E-state index in [2.05, 4.69) is 15.5 Å². The molecule has 126 valence electrons. The number of hydrazone groups is 1. The van der Waals surface area contributed by atoms with E-state index < -0.39 is 0 Å². The van der Waals surface area contributed by atoms with Crippen molar-refractivity contribution in [3.63, 3.8) is 0 Å². The number of hydrogen-bond acceptors (Lipinski definition) is 5. The van der Waals surface area contributed by atoms with Gasteiger partial charge in [-0.2, -0.15) is 5.10 Å². The molecule has 0 unspecified atom stereocenters. The highest BCUT2D eigenvalue weighted by Gasteiger charge is 2.05. The Kier molecular flexibility index (Phi) is 5.21. The molecule has 1 amide bonds. The van der Waals surface area contributed by atoms with Crippen molar-refractivity contribution < 1.29 is 14.3 Å². The number of methoxy groups -OCH3 is 1. The molecule has 2 aromatic carbocycles. The molecule has 3 aromatic rings. The molecule has 0 radical (unpaired) electrons. The van der Waals surface area contributed by atoms with Crippen LogP contribution < -0.4 is 14.9 Å². The van der Waals surface area contributed by atoms with Crippen LogP contribution in [0.25, 0.3) is 10.9 Å². The van der Waals surface area contributed by atoms with Crippen LogP contribution in [0.4, 0.5) is 0 Å². The minimum atomic E-state index is -0.349. The van der Waals surface area contributed by atoms with Crippen molar-refractivity contribution in [2.75, 3.05) is 13.7 Å². The summed E-state index contributed by atoms with van der Waals surface area (Å²) in [6.07, 6.45) is 3.24. The minimum Gasteiger partial charge on any atom is -0.497 e. The van der Waals surface area contributed by atoms with Gasteiger partial charge in [-0.15, -0.1) is 0 Å². The monoisotopic (exact) mass is 335 g/mol. The Morgan fingerprint density at radius 2 is 1.96 bits per heavy atom. The lowest BCUT2D eigenvalue weighted by Gasteiger charge is -2.07. The van der Waals surface area contributed by atoms with Crippen molar-refractivity contribution in [3.05, 3.63) is 66.4 Å². The lowest BCUT2D eigenvalue weighted by Crippen LogP contribution is -2.24. The molecule has 1 aromatic heterocycles. The second kappa shape index (κ2) is 7.92. The van der Waals surface area contributed by atoms with Gasteiger partial charge in [0.25, 0.3) is 5.91 Å². The third-order valence-corrected chi connectivity index (χ3v) is 3.47. The summed E-state index contributed by atoms with van der Waals surface area (Å²) < 4.78 is 10.6. The molecule has 25 heavy (non-hydrogen) atoms. The van der Waals surface area contributed by atoms with Crippen molar-refractivity contribution in [2.45, 2.75) is 0 Å². The van der Waals surface area contributed by atoms with Crippen LogP contribution in [0.5, 0.6) is 11.5 Å². The van der Waals surface area contributed by atoms with Crippen LogP contribution in [0.15, 0.2) is 65.9 Å². The molecule has 0 bridgehead atoms. The van der Waals surface area contributed by atoms with E-state index in [9.17, 15) is 4.79 Å². The highest BCUT2D eigenvalue weighted by molar-refractivity contribution is 5.85. The van der Waals surface area contributed by atoms with E-state index in [4.69, 9.17) is 9.47 Å². The minimum absolute atomic E-state index is 0.143. The molecule has 6 nitrogen and oxygen atoms in total. The quantitative estimate of drug-likeness (QED) is 0.555. The summed E-state index contributed by atoms with van der Waals surface area (Å²) in [5, 5.41) is 4.87. The Balaban J connectivity index is 1.54. The number of aromatic nitrogens is 1. The van der Waals surface area contributed by atoms with Crippen LogP contribution in [0, 0.1) is 0 Å². The highest BCUT2D eigenvalue weighted by Crippen LogP contribution is 2.22. The van der Waals surface area contributed by atoms with Crippen molar-refractivity contribution in [1.82, 2.24) is 10.4 Å². The molecule has 1 N–H and O–H groups in total. The first-order valence-corrected chi connectivity index (χ1v) is 7.69. The first kappa shape index (κ1) is 16.4. The predicted molar refractivity (Wildman–Crippen MR) is 96.0 cm³/mol. The van der Waals surface area contributed by atoms with Gasteiger partial charge in [-0.25, -0.2) is 5.43 Å². The Morgan fingerprint density at radius 1 is 1.16 bits per heavy atom. The van der Waals surface area contributed by atoms with Gasteiger partial charge >= 0.3 is 0 Å². The van der Waals surface area contributed by atoms with Gasteiger partial charge in [0.2, 0.25) is 0 Å². The third-order valence-electron chi connectivity index (χ3n) is 3.47. The summed E-state index contributed by atoms with van der Waals surface area (Å²) in [7, 11) is 1.61. The zero-order valence-corrected chi connectivity index (χ0v) is 13.7. The van der Waals surface area contributed by atoms with E-state index in [1.807, 2.05) is 48.5 Å². The van der Waals surface area contributed by atoms with Gasteiger partial charge in [0.05, 0.1) is 13.3 Å². The fourth-order valence-electron chi connectivity index (χ4n) is 2.24. The van der Waals surface area contributed by atoms with Crippen LogP contribution in [0.1, 0.15) is 5.56 Å². The van der Waals surface area contributed by atoms with Gasteiger partial charge in [-0.3, -0.25) is 9.78 Å². The number of fused-ring (bicyclic) bond motifs is 1. The van der Waals surface area contributed by atoms with Crippen molar-refractivity contribution in [2.24, 2.45) is 5.10 Å². The number of benzene rings is 2. The smallest absolute Gasteiger partial charge is 0.277 e. The third kappa shape index (κ3) is 4.32. The van der Waals surface area contributed by atoms with Gasteiger partial charge in [0.15, 0.2) is 6.61 Å². The van der Waals surface area contributed by atoms with Gasteiger partial charge < -0.3 is 9.47 Å². The molecule has 0 atom stereocenters. The maximum atomic E-state index is 11.9. The summed E-state index contributed by atoms with van der Waals surface area (Å²) in [5.41, 5.74) is 4.00. The molecule has 0 saturated carbocycles. The average Bonchev–Trinajstić information content (AvgIpc) is 2.67. The van der Waals surface area contributed by atoms with E-state index in [0.29, 0.717) is 5.75 Å². The summed E-state index contributed by atoms with van der Waals surface area (Å²) in [6.45, 7) is -0.143. The summed E-state index contributed by atoms with van der Waals surface area (Å²) >= 11 is 0. The molecule has 0 aliphatic heterocycles. The Labute approximate surface area is 145 Å². The number of nitrogens with one attached hydrogen (secondary N) is 1. The van der Waals surface area contributed by atoms with E-state index in [1.54, 1.807) is 25.6 Å². The van der Waals surface area contributed by atoms with Crippen LogP contribution in [0.3, 0.4) is 0 Å². The van der Waals surface area contributed by atoms with Crippen LogP contribution in [-0.4, -0.2) is 30.8 Å². The lowest BCUT2D eigenvalue weighted by molar-refractivity contribution is -0.123. The molecule has 6 heteroatoms. The summed E-state index contributed by atoms with van der Waals surface area (Å²) in [5.74, 6) is 0.975. The predicted octanol–water partition coefficient (Wildman–Crippen LogP) is 2.77. The molecule has 0 fully saturated rings. The number of carbonyl (C=O) groups is 1. The SMILES string of the molecule is COc1ccc(/C=N\NC(=O)COc2cccc3cccnc23)cc1. The maximum Gasteiger partial charge on any atom is 0.277 e. The van der Waals surface area contributed by atoms with E-state index in [-0.39, 0.29) is 12.5 Å². The first-order chi connectivity index (χ1) is 12.3. The molecule has 1 heterocycles. The van der Waals surface area contributed by atoms with E-state index >= 15 is 0 Å². The van der Waals surface area contributed by atoms with Crippen LogP contribution in [-0.2, 0) is 4.79 Å². The van der Waals surface area contributed by atoms with Crippen molar-refractivity contribution in [3.8, 4) is 11.5 Å². The molecule has 3 rings (SSSR count). The number of ether oxygens (including phenoxy) is 2.